The molecule has 1 aliphatic rings. The summed E-state index contributed by atoms with van der Waals surface area (Å²) in [6.07, 6.45) is -4.72. The van der Waals surface area contributed by atoms with Gasteiger partial charge in [-0.2, -0.15) is 13.2 Å². The van der Waals surface area contributed by atoms with Gasteiger partial charge in [-0.05, 0) is 54.3 Å². The van der Waals surface area contributed by atoms with E-state index >= 15 is 0 Å². The van der Waals surface area contributed by atoms with Crippen molar-refractivity contribution in [1.82, 2.24) is 4.90 Å². The van der Waals surface area contributed by atoms with E-state index in [1.54, 1.807) is 6.07 Å². The fourth-order valence-corrected chi connectivity index (χ4v) is 5.64. The number of hydrogen-bond acceptors (Lipinski definition) is 3. The molecule has 190 valence electrons. The van der Waals surface area contributed by atoms with Crippen LogP contribution in [0.4, 0.5) is 13.2 Å². The maximum Gasteiger partial charge on any atom is 0.420 e. The molecule has 0 spiro atoms. The van der Waals surface area contributed by atoms with Crippen molar-refractivity contribution in [2.75, 3.05) is 20.2 Å². The molecule has 2 atom stereocenters. The molecule has 2 unspecified atom stereocenters. The molecule has 1 amide bonds. The summed E-state index contributed by atoms with van der Waals surface area (Å²) < 4.78 is 48.1. The predicted octanol–water partition coefficient (Wildman–Crippen LogP) is 6.47. The van der Waals surface area contributed by atoms with Crippen LogP contribution in [-0.2, 0) is 12.7 Å². The van der Waals surface area contributed by atoms with Crippen LogP contribution in [0.25, 0.3) is 0 Å². The lowest BCUT2D eigenvalue weighted by Gasteiger charge is -2.26. The van der Waals surface area contributed by atoms with Gasteiger partial charge in [-0.25, -0.2) is 0 Å². The van der Waals surface area contributed by atoms with E-state index in [0.717, 1.165) is 16.7 Å². The highest BCUT2D eigenvalue weighted by Gasteiger charge is 2.43. The number of amides is 1. The average molecular weight is 517 g/mol. The number of likely N-dealkylation sites (tertiary alicyclic amines) is 1. The topological polar surface area (TPSA) is 55.6 Å². The summed E-state index contributed by atoms with van der Waals surface area (Å²) in [4.78, 5) is 14.4. The number of rotatable bonds is 6. The van der Waals surface area contributed by atoms with Gasteiger partial charge in [-0.3, -0.25) is 9.69 Å². The molecule has 4 rings (SSSR count). The third-order valence-corrected chi connectivity index (χ3v) is 7.23. The fraction of sp³-hybridized carbons (Fsp3) is 0.321. The number of benzene rings is 3. The Balaban J connectivity index is 1.89. The van der Waals surface area contributed by atoms with Gasteiger partial charge in [-0.15, -0.1) is 0 Å². The highest BCUT2D eigenvalue weighted by Crippen LogP contribution is 2.49. The van der Waals surface area contributed by atoms with E-state index in [1.165, 1.54) is 20.1 Å². The number of nitrogens with zero attached hydrogens (tertiary/aromatic N) is 1. The fourth-order valence-electron chi connectivity index (χ4n) is 5.41. The van der Waals surface area contributed by atoms with Crippen molar-refractivity contribution in [1.29, 1.82) is 0 Å². The lowest BCUT2D eigenvalue weighted by molar-refractivity contribution is -0.139. The van der Waals surface area contributed by atoms with Gasteiger partial charge in [0.05, 0.1) is 7.11 Å². The highest BCUT2D eigenvalue weighted by atomic mass is 35.5. The molecule has 1 heterocycles. The third kappa shape index (κ3) is 5.08. The Labute approximate surface area is 213 Å². The van der Waals surface area contributed by atoms with Crippen molar-refractivity contribution in [3.63, 3.8) is 0 Å². The normalized spacial score (nSPS) is 18.4. The summed E-state index contributed by atoms with van der Waals surface area (Å²) in [5, 5.41) is 0.593. The molecule has 0 aromatic heterocycles. The second kappa shape index (κ2) is 10.1. The minimum atomic E-state index is -4.72. The Morgan fingerprint density at radius 3 is 2.25 bits per heavy atom. The summed E-state index contributed by atoms with van der Waals surface area (Å²) >= 11 is 6.20. The second-order valence-corrected chi connectivity index (χ2v) is 9.74. The van der Waals surface area contributed by atoms with E-state index in [-0.39, 0.29) is 28.7 Å². The summed E-state index contributed by atoms with van der Waals surface area (Å²) in [5.74, 6) is -1.68. The Morgan fingerprint density at radius 2 is 1.69 bits per heavy atom. The SMILES string of the molecule is COc1c(C2CN(Cc3ccccc3)CC2c2ccc(Cl)cc2C)cc(C(N)=O)c(C)c1C(F)(F)F. The zero-order valence-electron chi connectivity index (χ0n) is 20.3. The van der Waals surface area contributed by atoms with Gasteiger partial charge in [0.1, 0.15) is 11.3 Å². The summed E-state index contributed by atoms with van der Waals surface area (Å²) in [6.45, 7) is 4.94. The van der Waals surface area contributed by atoms with Crippen LogP contribution in [0.5, 0.6) is 5.75 Å². The first kappa shape index (κ1) is 26.0. The van der Waals surface area contributed by atoms with Crippen LogP contribution >= 0.6 is 11.6 Å². The number of methoxy groups -OCH3 is 1. The van der Waals surface area contributed by atoms with E-state index in [4.69, 9.17) is 22.1 Å². The van der Waals surface area contributed by atoms with E-state index in [0.29, 0.717) is 30.2 Å². The first-order chi connectivity index (χ1) is 17.0. The van der Waals surface area contributed by atoms with Crippen LogP contribution in [0, 0.1) is 13.8 Å². The Hall–Kier alpha value is -3.03. The zero-order chi connectivity index (χ0) is 26.2. The number of alkyl halides is 3. The van der Waals surface area contributed by atoms with Crippen molar-refractivity contribution in [2.45, 2.75) is 38.4 Å². The van der Waals surface area contributed by atoms with Gasteiger partial charge in [0.15, 0.2) is 0 Å². The molecular formula is C28H28ClF3N2O2. The van der Waals surface area contributed by atoms with Crippen LogP contribution in [0.1, 0.15) is 55.6 Å². The van der Waals surface area contributed by atoms with Crippen molar-refractivity contribution < 1.29 is 22.7 Å². The third-order valence-electron chi connectivity index (χ3n) is 7.00. The maximum atomic E-state index is 14.2. The van der Waals surface area contributed by atoms with Crippen LogP contribution in [0.3, 0.4) is 0 Å². The number of primary amides is 1. The lowest BCUT2D eigenvalue weighted by Crippen LogP contribution is -2.22. The number of ether oxygens (including phenoxy) is 1. The molecule has 4 nitrogen and oxygen atoms in total. The van der Waals surface area contributed by atoms with Crippen LogP contribution < -0.4 is 10.5 Å². The van der Waals surface area contributed by atoms with Gasteiger partial charge in [0.2, 0.25) is 5.91 Å². The van der Waals surface area contributed by atoms with Crippen molar-refractivity contribution in [3.05, 3.63) is 98.6 Å². The van der Waals surface area contributed by atoms with Crippen LogP contribution in [0.2, 0.25) is 5.02 Å². The second-order valence-electron chi connectivity index (χ2n) is 9.30. The van der Waals surface area contributed by atoms with Gasteiger partial charge in [0.25, 0.3) is 0 Å². The number of hydrogen-bond donors (Lipinski definition) is 1. The molecule has 3 aromatic rings. The molecular weight excluding hydrogens is 489 g/mol. The molecule has 8 heteroatoms. The van der Waals surface area contributed by atoms with Gasteiger partial charge in [0, 0.05) is 47.6 Å². The molecule has 0 bridgehead atoms. The minimum absolute atomic E-state index is 0.147. The summed E-state index contributed by atoms with van der Waals surface area (Å²) in [7, 11) is 1.23. The number of carbonyl (C=O) groups excluding carboxylic acids is 1. The molecule has 2 N–H and O–H groups in total. The van der Waals surface area contributed by atoms with Gasteiger partial charge < -0.3 is 10.5 Å². The first-order valence-corrected chi connectivity index (χ1v) is 12.0. The zero-order valence-corrected chi connectivity index (χ0v) is 21.1. The minimum Gasteiger partial charge on any atom is -0.496 e. The number of aryl methyl sites for hydroxylation is 1. The molecule has 36 heavy (non-hydrogen) atoms. The largest absolute Gasteiger partial charge is 0.496 e. The van der Waals surface area contributed by atoms with E-state index in [2.05, 4.69) is 4.90 Å². The number of carbonyl (C=O) groups is 1. The maximum absolute atomic E-state index is 14.2. The first-order valence-electron chi connectivity index (χ1n) is 11.6. The monoisotopic (exact) mass is 516 g/mol. The van der Waals surface area contributed by atoms with Crippen molar-refractivity contribution in [2.24, 2.45) is 5.73 Å². The highest BCUT2D eigenvalue weighted by molar-refractivity contribution is 6.30. The smallest absolute Gasteiger partial charge is 0.420 e. The predicted molar refractivity (Wildman–Crippen MR) is 135 cm³/mol. The summed E-state index contributed by atoms with van der Waals surface area (Å²) in [6, 6.07) is 17.0. The lowest BCUT2D eigenvalue weighted by atomic mass is 9.80. The molecule has 1 saturated heterocycles. The standard InChI is InChI=1S/C28H28ClF3N2O2/c1-16-11-19(29)9-10-20(16)23-14-34(13-18-7-5-4-6-8-18)15-24(23)22-12-21(27(33)35)17(2)25(26(22)36-3)28(30,31)32/h4-12,23-24H,13-15H2,1-3H3,(H2,33,35). The molecule has 1 aliphatic heterocycles. The number of halogens is 4. The van der Waals surface area contributed by atoms with Crippen LogP contribution in [-0.4, -0.2) is 31.0 Å². The summed E-state index contributed by atoms with van der Waals surface area (Å²) in [5.41, 5.74) is 7.59. The Morgan fingerprint density at radius 1 is 1.06 bits per heavy atom. The Bertz CT molecular complexity index is 1280. The average Bonchev–Trinajstić information content (AvgIpc) is 3.21. The number of nitrogens with two attached hydrogens (primary N) is 1. The molecule has 0 saturated carbocycles. The molecule has 3 aromatic carbocycles. The molecule has 0 aliphatic carbocycles. The van der Waals surface area contributed by atoms with Crippen molar-refractivity contribution >= 4 is 17.5 Å². The Kier molecular flexibility index (Phi) is 7.34. The molecule has 1 fully saturated rings. The van der Waals surface area contributed by atoms with E-state index < -0.39 is 17.6 Å². The van der Waals surface area contributed by atoms with Gasteiger partial charge in [-0.1, -0.05) is 48.0 Å². The van der Waals surface area contributed by atoms with Crippen LogP contribution in [0.15, 0.2) is 54.6 Å². The quantitative estimate of drug-likeness (QED) is 0.409. The molecule has 0 radical (unpaired) electrons. The van der Waals surface area contributed by atoms with Crippen molar-refractivity contribution in [3.8, 4) is 5.75 Å². The van der Waals surface area contributed by atoms with E-state index in [9.17, 15) is 18.0 Å². The van der Waals surface area contributed by atoms with E-state index in [1.807, 2.05) is 49.4 Å². The van der Waals surface area contributed by atoms with Gasteiger partial charge >= 0.3 is 6.18 Å².